The van der Waals surface area contributed by atoms with Crippen molar-refractivity contribution in [1.29, 1.82) is 0 Å². The molecule has 26 heavy (non-hydrogen) atoms. The summed E-state index contributed by atoms with van der Waals surface area (Å²) in [4.78, 5) is 5.37. The van der Waals surface area contributed by atoms with E-state index in [-0.39, 0.29) is 17.3 Å². The van der Waals surface area contributed by atoms with Gasteiger partial charge in [-0.1, -0.05) is 12.1 Å². The summed E-state index contributed by atoms with van der Waals surface area (Å²) < 4.78 is 53.2. The van der Waals surface area contributed by atoms with Crippen LogP contribution in [0.3, 0.4) is 0 Å². The Morgan fingerprint density at radius 2 is 1.81 bits per heavy atom. The van der Waals surface area contributed by atoms with Crippen LogP contribution in [0.15, 0.2) is 53.4 Å². The molecular weight excluding hydrogens is 378 g/mol. The zero-order valence-electron chi connectivity index (χ0n) is 13.9. The lowest BCUT2D eigenvalue weighted by Gasteiger charge is -2.06. The van der Waals surface area contributed by atoms with E-state index in [0.29, 0.717) is 17.0 Å². The fourth-order valence-corrected chi connectivity index (χ4v) is 4.49. The molecule has 1 N–H and O–H groups in total. The first-order valence-corrected chi connectivity index (χ1v) is 10.1. The fourth-order valence-electron chi connectivity index (χ4n) is 2.40. The summed E-state index contributed by atoms with van der Waals surface area (Å²) in [7, 11) is -3.69. The smallest absolute Gasteiger partial charge is 0.240 e. The lowest BCUT2D eigenvalue weighted by atomic mass is 10.2. The minimum Gasteiger partial charge on any atom is -0.241 e. The van der Waals surface area contributed by atoms with Crippen molar-refractivity contribution < 1.29 is 17.2 Å². The van der Waals surface area contributed by atoms with Crippen LogP contribution >= 0.6 is 11.3 Å². The van der Waals surface area contributed by atoms with Gasteiger partial charge >= 0.3 is 0 Å². The molecule has 0 saturated carbocycles. The molecule has 0 amide bonds. The molecule has 0 bridgehead atoms. The van der Waals surface area contributed by atoms with Gasteiger partial charge in [-0.2, -0.15) is 0 Å². The Balaban J connectivity index is 1.68. The summed E-state index contributed by atoms with van der Waals surface area (Å²) in [5.41, 5.74) is 1.48. The second kappa shape index (κ2) is 7.61. The predicted molar refractivity (Wildman–Crippen MR) is 97.5 cm³/mol. The summed E-state index contributed by atoms with van der Waals surface area (Å²) in [6.07, 6.45) is 0.458. The van der Waals surface area contributed by atoms with Crippen LogP contribution in [-0.4, -0.2) is 19.9 Å². The highest BCUT2D eigenvalue weighted by Crippen LogP contribution is 2.28. The zero-order valence-corrected chi connectivity index (χ0v) is 15.5. The molecule has 0 saturated heterocycles. The number of benzene rings is 2. The minimum absolute atomic E-state index is 0.0142. The van der Waals surface area contributed by atoms with Crippen LogP contribution in [-0.2, 0) is 16.4 Å². The zero-order chi connectivity index (χ0) is 18.7. The van der Waals surface area contributed by atoms with Crippen LogP contribution < -0.4 is 4.72 Å². The quantitative estimate of drug-likeness (QED) is 0.689. The van der Waals surface area contributed by atoms with Gasteiger partial charge in [0.15, 0.2) is 0 Å². The van der Waals surface area contributed by atoms with Gasteiger partial charge in [-0.15, -0.1) is 11.3 Å². The molecule has 8 heteroatoms. The molecule has 0 atom stereocenters. The molecule has 0 aliphatic rings. The SMILES string of the molecule is Cc1nc(-c2cccc(F)c2)sc1CCNS(=O)(=O)c1ccc(F)cc1. The third-order valence-corrected chi connectivity index (χ3v) is 6.48. The van der Waals surface area contributed by atoms with Crippen molar-refractivity contribution in [2.45, 2.75) is 18.2 Å². The lowest BCUT2D eigenvalue weighted by molar-refractivity contribution is 0.581. The van der Waals surface area contributed by atoms with Crippen molar-refractivity contribution in [3.63, 3.8) is 0 Å². The van der Waals surface area contributed by atoms with E-state index in [1.54, 1.807) is 12.1 Å². The van der Waals surface area contributed by atoms with E-state index in [1.807, 2.05) is 6.92 Å². The topological polar surface area (TPSA) is 59.1 Å². The maximum atomic E-state index is 13.4. The number of aryl methyl sites for hydroxylation is 1. The minimum atomic E-state index is -3.69. The molecule has 0 aliphatic carbocycles. The van der Waals surface area contributed by atoms with Gasteiger partial charge in [0, 0.05) is 17.0 Å². The molecule has 2 aromatic carbocycles. The number of thiazole rings is 1. The first-order chi connectivity index (χ1) is 12.3. The van der Waals surface area contributed by atoms with E-state index in [2.05, 4.69) is 9.71 Å². The van der Waals surface area contributed by atoms with E-state index in [0.717, 1.165) is 22.7 Å². The van der Waals surface area contributed by atoms with Gasteiger partial charge in [-0.3, -0.25) is 0 Å². The van der Waals surface area contributed by atoms with Crippen molar-refractivity contribution in [2.75, 3.05) is 6.54 Å². The standard InChI is InChI=1S/C18H16F2N2O2S2/c1-12-17(25-18(22-12)13-3-2-4-15(20)11-13)9-10-21-26(23,24)16-7-5-14(19)6-8-16/h2-8,11,21H,9-10H2,1H3. The number of nitrogens with zero attached hydrogens (tertiary/aromatic N) is 1. The molecular formula is C18H16F2N2O2S2. The second-order valence-electron chi connectivity index (χ2n) is 5.64. The van der Waals surface area contributed by atoms with Crippen LogP contribution in [0.5, 0.6) is 0 Å². The number of halogens is 2. The van der Waals surface area contributed by atoms with Crippen LogP contribution in [0.25, 0.3) is 10.6 Å². The Morgan fingerprint density at radius 3 is 2.50 bits per heavy atom. The van der Waals surface area contributed by atoms with Crippen molar-refractivity contribution >= 4 is 21.4 Å². The Kier molecular flexibility index (Phi) is 5.45. The first kappa shape index (κ1) is 18.6. The molecule has 3 rings (SSSR count). The van der Waals surface area contributed by atoms with Gasteiger partial charge < -0.3 is 0 Å². The van der Waals surface area contributed by atoms with E-state index in [1.165, 1.54) is 35.6 Å². The Labute approximate surface area is 154 Å². The van der Waals surface area contributed by atoms with Crippen LogP contribution in [0.4, 0.5) is 8.78 Å². The van der Waals surface area contributed by atoms with Crippen molar-refractivity contribution in [3.05, 3.63) is 70.7 Å². The van der Waals surface area contributed by atoms with E-state index in [4.69, 9.17) is 0 Å². The number of sulfonamides is 1. The number of hydrogen-bond acceptors (Lipinski definition) is 4. The van der Waals surface area contributed by atoms with Gasteiger partial charge in [-0.05, 0) is 49.7 Å². The van der Waals surface area contributed by atoms with Gasteiger partial charge in [0.05, 0.1) is 10.6 Å². The van der Waals surface area contributed by atoms with E-state index < -0.39 is 15.8 Å². The Morgan fingerprint density at radius 1 is 1.08 bits per heavy atom. The number of rotatable bonds is 6. The second-order valence-corrected chi connectivity index (χ2v) is 8.49. The maximum absolute atomic E-state index is 13.4. The largest absolute Gasteiger partial charge is 0.241 e. The maximum Gasteiger partial charge on any atom is 0.240 e. The van der Waals surface area contributed by atoms with Crippen molar-refractivity contribution in [2.24, 2.45) is 0 Å². The summed E-state index contributed by atoms with van der Waals surface area (Å²) in [6, 6.07) is 10.8. The molecule has 1 aromatic heterocycles. The molecule has 1 heterocycles. The van der Waals surface area contributed by atoms with Crippen molar-refractivity contribution in [1.82, 2.24) is 9.71 Å². The third kappa shape index (κ3) is 4.32. The Hall–Kier alpha value is -2.16. The summed E-state index contributed by atoms with van der Waals surface area (Å²) in [6.45, 7) is 2.02. The normalized spacial score (nSPS) is 11.7. The molecule has 0 aliphatic heterocycles. The molecule has 0 radical (unpaired) electrons. The summed E-state index contributed by atoms with van der Waals surface area (Å²) >= 11 is 1.41. The van der Waals surface area contributed by atoms with Gasteiger partial charge in [-0.25, -0.2) is 26.9 Å². The lowest BCUT2D eigenvalue weighted by Crippen LogP contribution is -2.25. The Bertz CT molecular complexity index is 1020. The predicted octanol–water partition coefficient (Wildman–Crippen LogP) is 3.92. The summed E-state index contributed by atoms with van der Waals surface area (Å²) in [5.74, 6) is -0.821. The average molecular weight is 394 g/mol. The third-order valence-electron chi connectivity index (χ3n) is 3.73. The molecule has 0 unspecified atom stereocenters. The average Bonchev–Trinajstić information content (AvgIpc) is 2.96. The highest BCUT2D eigenvalue weighted by atomic mass is 32.2. The van der Waals surface area contributed by atoms with Gasteiger partial charge in [0.25, 0.3) is 0 Å². The van der Waals surface area contributed by atoms with Crippen LogP contribution in [0.2, 0.25) is 0 Å². The number of hydrogen-bond donors (Lipinski definition) is 1. The number of aromatic nitrogens is 1. The summed E-state index contributed by atoms with van der Waals surface area (Å²) in [5, 5.41) is 0.693. The molecule has 136 valence electrons. The number of nitrogens with one attached hydrogen (secondary N) is 1. The van der Waals surface area contributed by atoms with Crippen LogP contribution in [0.1, 0.15) is 10.6 Å². The van der Waals surface area contributed by atoms with E-state index in [9.17, 15) is 17.2 Å². The molecule has 3 aromatic rings. The molecule has 0 spiro atoms. The van der Waals surface area contributed by atoms with E-state index >= 15 is 0 Å². The van der Waals surface area contributed by atoms with Gasteiger partial charge in [0.2, 0.25) is 10.0 Å². The van der Waals surface area contributed by atoms with Gasteiger partial charge in [0.1, 0.15) is 16.6 Å². The fraction of sp³-hybridized carbons (Fsp3) is 0.167. The highest BCUT2D eigenvalue weighted by Gasteiger charge is 2.15. The molecule has 0 fully saturated rings. The van der Waals surface area contributed by atoms with Crippen molar-refractivity contribution in [3.8, 4) is 10.6 Å². The van der Waals surface area contributed by atoms with Crippen LogP contribution in [0, 0.1) is 18.6 Å². The highest BCUT2D eigenvalue weighted by molar-refractivity contribution is 7.89. The molecule has 4 nitrogen and oxygen atoms in total. The monoisotopic (exact) mass is 394 g/mol. The first-order valence-electron chi connectivity index (χ1n) is 7.82.